The van der Waals surface area contributed by atoms with Gasteiger partial charge >= 0.3 is 12.9 Å². The number of rotatable bonds is 13. The molecule has 0 aliphatic heterocycles. The Bertz CT molecular complexity index is 3020. The largest absolute Gasteiger partial charge is 0.415 e. The van der Waals surface area contributed by atoms with Crippen LogP contribution in [0, 0.1) is 11.6 Å². The number of benzene rings is 4. The topological polar surface area (TPSA) is 187 Å². The summed E-state index contributed by atoms with van der Waals surface area (Å²) in [6.07, 6.45) is -0.282. The van der Waals surface area contributed by atoms with E-state index in [1.165, 1.54) is 73.3 Å². The van der Waals surface area contributed by atoms with E-state index < -0.39 is 56.3 Å². The number of pyridine rings is 2. The molecule has 0 unspecified atom stereocenters. The van der Waals surface area contributed by atoms with Crippen molar-refractivity contribution in [3.63, 3.8) is 0 Å². The number of hydrogen-bond donors (Lipinski definition) is 1. The summed E-state index contributed by atoms with van der Waals surface area (Å²) in [7, 11) is -7.58. The summed E-state index contributed by atoms with van der Waals surface area (Å²) in [4.78, 5) is 7.73. The molecule has 14 nitrogen and oxygen atoms in total. The monoisotopic (exact) mass is 1000 g/mol. The summed E-state index contributed by atoms with van der Waals surface area (Å²) in [5, 5.41) is 13.7. The van der Waals surface area contributed by atoms with Crippen molar-refractivity contribution in [2.24, 2.45) is 0 Å². The molecule has 0 spiro atoms. The van der Waals surface area contributed by atoms with E-state index in [9.17, 15) is 43.2 Å². The highest BCUT2D eigenvalue weighted by Gasteiger charge is 2.27. The van der Waals surface area contributed by atoms with E-state index >= 15 is 0 Å². The van der Waals surface area contributed by atoms with Crippen LogP contribution in [0.1, 0.15) is 35.8 Å². The lowest BCUT2D eigenvalue weighted by molar-refractivity contribution is 0.115. The third kappa shape index (κ3) is 12.4. The minimum absolute atomic E-state index is 0.0498. The first kappa shape index (κ1) is 47.5. The first-order valence-corrected chi connectivity index (χ1v) is 22.5. The van der Waals surface area contributed by atoms with E-state index in [-0.39, 0.29) is 44.8 Å². The van der Waals surface area contributed by atoms with Gasteiger partial charge in [-0.05, 0) is 78.4 Å². The van der Waals surface area contributed by atoms with Gasteiger partial charge in [-0.2, -0.15) is 17.6 Å². The number of anilines is 2. The van der Waals surface area contributed by atoms with E-state index in [1.807, 2.05) is 6.07 Å². The molecule has 8 rings (SSSR count). The number of aromatic nitrogens is 6. The van der Waals surface area contributed by atoms with Crippen LogP contribution in [0.5, 0.6) is 0 Å². The minimum Gasteiger partial charge on any atom is -0.415 e. The Hall–Kier alpha value is -6.98. The lowest BCUT2D eigenvalue weighted by atomic mass is 10.1. The average molecular weight is 1000 g/mol. The fraction of sp³-hybridized carbons (Fsp3) is 0.0952. The van der Waals surface area contributed by atoms with E-state index in [1.54, 1.807) is 60.7 Å². The summed E-state index contributed by atoms with van der Waals surface area (Å²) >= 11 is 3.12. The van der Waals surface area contributed by atoms with Crippen LogP contribution in [0.3, 0.4) is 0 Å². The van der Waals surface area contributed by atoms with E-state index in [2.05, 4.69) is 51.0 Å². The number of para-hydroxylation sites is 2. The van der Waals surface area contributed by atoms with E-state index in [0.717, 1.165) is 10.4 Å². The number of nitrogens with one attached hydrogen (secondary N) is 1. The molecule has 0 aliphatic carbocycles. The van der Waals surface area contributed by atoms with Gasteiger partial charge in [0, 0.05) is 52.5 Å². The summed E-state index contributed by atoms with van der Waals surface area (Å²) in [5.41, 5.74) is 1.74. The first-order valence-electron chi connectivity index (χ1n) is 18.5. The van der Waals surface area contributed by atoms with Crippen LogP contribution in [0.25, 0.3) is 22.9 Å². The van der Waals surface area contributed by atoms with Crippen LogP contribution in [0.2, 0.25) is 0 Å². The molecule has 4 heterocycles. The molecule has 0 fully saturated rings. The molecule has 4 aromatic carbocycles. The number of alkyl halides is 5. The van der Waals surface area contributed by atoms with Crippen molar-refractivity contribution in [1.29, 1.82) is 0 Å². The third-order valence-electron chi connectivity index (χ3n) is 8.55. The standard InChI is InChI=1S/C21H15F3N4O3S.C11H10N2O2S.C10H6BrF3N2O/c22-18-11-14(20-26-27-21(31-20)19(23)24)8-9-15(18)13-28(16-5-2-1-3-6-16)32(29,30)17-7-4-10-25-12-17;14-16(15,11-7-4-8-12-9-11)13-10-5-2-1-3-6-10;11-4-6-2-1-5(3-7(6)12)9-15-16-10(17-9)8(13)14/h1-12,19H,13H2;1-9,13H;1-3,8H,4H2. The average Bonchev–Trinajstić information content (AvgIpc) is 4.03. The molecule has 4 aromatic heterocycles. The van der Waals surface area contributed by atoms with Crippen LogP contribution in [-0.4, -0.2) is 47.2 Å². The molecule has 23 heteroatoms. The molecule has 65 heavy (non-hydrogen) atoms. The highest BCUT2D eigenvalue weighted by molar-refractivity contribution is 9.08. The van der Waals surface area contributed by atoms with Crippen LogP contribution < -0.4 is 9.03 Å². The molecule has 0 amide bonds. The van der Waals surface area contributed by atoms with Crippen molar-refractivity contribution in [2.75, 3.05) is 9.03 Å². The van der Waals surface area contributed by atoms with Gasteiger partial charge in [-0.3, -0.25) is 19.0 Å². The molecule has 8 aromatic rings. The molecule has 0 radical (unpaired) electrons. The van der Waals surface area contributed by atoms with Crippen LogP contribution >= 0.6 is 15.9 Å². The summed E-state index contributed by atoms with van der Waals surface area (Å²) < 4.78 is 141. The molecule has 0 saturated carbocycles. The SMILES string of the molecule is Fc1cc(-c2nnc(C(F)F)o2)ccc1CBr.O=S(=O)(Nc1ccccc1)c1cccnc1.O=S(=O)(c1cccnc1)N(Cc1ccc(-c2nnc(C(F)F)o2)cc1F)c1ccccc1. The molecule has 0 saturated heterocycles. The maximum absolute atomic E-state index is 14.9. The van der Waals surface area contributed by atoms with Crippen LogP contribution in [-0.2, 0) is 31.9 Å². The van der Waals surface area contributed by atoms with Gasteiger partial charge in [-0.15, -0.1) is 20.4 Å². The normalized spacial score (nSPS) is 11.3. The molecular formula is C42H31BrF6N8O6S2. The zero-order chi connectivity index (χ0) is 46.6. The molecule has 336 valence electrons. The van der Waals surface area contributed by atoms with Gasteiger partial charge in [0.05, 0.1) is 12.2 Å². The minimum atomic E-state index is -4.06. The van der Waals surface area contributed by atoms with Crippen molar-refractivity contribution in [1.82, 2.24) is 30.4 Å². The van der Waals surface area contributed by atoms with E-state index in [4.69, 9.17) is 8.83 Å². The Balaban J connectivity index is 0.000000178. The molecule has 0 aliphatic rings. The second-order valence-corrected chi connectivity index (χ2v) is 17.0. The summed E-state index contributed by atoms with van der Waals surface area (Å²) in [5.74, 6) is -3.26. The lowest BCUT2D eigenvalue weighted by Gasteiger charge is -2.24. The Kier molecular flexibility index (Phi) is 15.8. The van der Waals surface area contributed by atoms with Crippen LogP contribution in [0.4, 0.5) is 37.7 Å². The maximum atomic E-state index is 14.9. The Labute approximate surface area is 375 Å². The van der Waals surface area contributed by atoms with Crippen molar-refractivity contribution in [3.05, 3.63) is 181 Å². The fourth-order valence-electron chi connectivity index (χ4n) is 5.39. The predicted molar refractivity (Wildman–Crippen MR) is 227 cm³/mol. The van der Waals surface area contributed by atoms with Gasteiger partial charge in [0.25, 0.3) is 31.8 Å². The molecular weight excluding hydrogens is 971 g/mol. The second-order valence-electron chi connectivity index (χ2n) is 12.9. The Morgan fingerprint density at radius 2 is 1.09 bits per heavy atom. The quantitative estimate of drug-likeness (QED) is 0.0852. The van der Waals surface area contributed by atoms with Gasteiger partial charge in [0.2, 0.25) is 11.8 Å². The van der Waals surface area contributed by atoms with Gasteiger partial charge in [-0.25, -0.2) is 25.6 Å². The molecule has 1 N–H and O–H groups in total. The first-order chi connectivity index (χ1) is 31.2. The highest BCUT2D eigenvalue weighted by atomic mass is 79.9. The lowest BCUT2D eigenvalue weighted by Crippen LogP contribution is -2.31. The van der Waals surface area contributed by atoms with Crippen molar-refractivity contribution >= 4 is 47.4 Å². The van der Waals surface area contributed by atoms with E-state index in [0.29, 0.717) is 22.3 Å². The highest BCUT2D eigenvalue weighted by Crippen LogP contribution is 2.30. The summed E-state index contributed by atoms with van der Waals surface area (Å²) in [6, 6.07) is 30.9. The van der Waals surface area contributed by atoms with Gasteiger partial charge in [0.15, 0.2) is 0 Å². The second kappa shape index (κ2) is 21.6. The van der Waals surface area contributed by atoms with Crippen molar-refractivity contribution in [2.45, 2.75) is 34.5 Å². The van der Waals surface area contributed by atoms with Crippen LogP contribution in [0.15, 0.2) is 165 Å². The number of hydrogen-bond acceptors (Lipinski definition) is 12. The van der Waals surface area contributed by atoms with Crippen molar-refractivity contribution < 1.29 is 52.0 Å². The predicted octanol–water partition coefficient (Wildman–Crippen LogP) is 10.2. The molecule has 0 bridgehead atoms. The van der Waals surface area contributed by atoms with Crippen molar-refractivity contribution in [3.8, 4) is 22.9 Å². The van der Waals surface area contributed by atoms with Gasteiger partial charge < -0.3 is 8.83 Å². The maximum Gasteiger partial charge on any atom is 0.314 e. The summed E-state index contributed by atoms with van der Waals surface area (Å²) in [6.45, 7) is -0.320. The Morgan fingerprint density at radius 3 is 1.54 bits per heavy atom. The Morgan fingerprint density at radius 1 is 0.600 bits per heavy atom. The van der Waals surface area contributed by atoms with Gasteiger partial charge in [0.1, 0.15) is 21.4 Å². The third-order valence-corrected chi connectivity index (χ3v) is 12.3. The number of sulfonamides is 2. The number of nitrogens with zero attached hydrogens (tertiary/aromatic N) is 7. The fourth-order valence-corrected chi connectivity index (χ4v) is 8.28. The zero-order valence-corrected chi connectivity index (χ0v) is 36.2. The number of halogens is 7. The smallest absolute Gasteiger partial charge is 0.314 e. The van der Waals surface area contributed by atoms with Gasteiger partial charge in [-0.1, -0.05) is 64.5 Å². The molecule has 0 atom stereocenters. The zero-order valence-electron chi connectivity index (χ0n) is 33.0.